The molecule has 0 aliphatic carbocycles. The lowest BCUT2D eigenvalue weighted by atomic mass is 10.2. The highest BCUT2D eigenvalue weighted by Crippen LogP contribution is 2.27. The molecule has 9 heteroatoms. The van der Waals surface area contributed by atoms with E-state index in [2.05, 4.69) is 10.6 Å². The molecule has 2 rings (SSSR count). The van der Waals surface area contributed by atoms with Crippen LogP contribution in [-0.2, 0) is 0 Å². The summed E-state index contributed by atoms with van der Waals surface area (Å²) >= 11 is 10.8. The molecule has 0 saturated carbocycles. The van der Waals surface area contributed by atoms with E-state index in [4.69, 9.17) is 28.6 Å². The van der Waals surface area contributed by atoms with Gasteiger partial charge in [0.2, 0.25) is 0 Å². The third kappa shape index (κ3) is 5.40. The number of carbonyl (C=O) groups is 1. The second kappa shape index (κ2) is 8.59. The van der Waals surface area contributed by atoms with E-state index in [0.717, 1.165) is 0 Å². The second-order valence-electron chi connectivity index (χ2n) is 5.52. The van der Waals surface area contributed by atoms with Crippen LogP contribution in [0, 0.1) is 10.1 Å². The van der Waals surface area contributed by atoms with Crippen LogP contribution in [0.2, 0.25) is 5.02 Å². The molecule has 1 amide bonds. The molecule has 2 aromatic carbocycles. The lowest BCUT2D eigenvalue weighted by molar-refractivity contribution is -0.384. The summed E-state index contributed by atoms with van der Waals surface area (Å²) in [6, 6.07) is 10.7. The van der Waals surface area contributed by atoms with Gasteiger partial charge in [-0.2, -0.15) is 0 Å². The minimum atomic E-state index is -0.601. The van der Waals surface area contributed by atoms with Crippen molar-refractivity contribution in [2.24, 2.45) is 0 Å². The van der Waals surface area contributed by atoms with Crippen LogP contribution in [0.3, 0.4) is 0 Å². The maximum atomic E-state index is 12.2. The van der Waals surface area contributed by atoms with E-state index in [9.17, 15) is 14.9 Å². The zero-order chi connectivity index (χ0) is 19.3. The molecule has 2 aromatic rings. The molecule has 0 fully saturated rings. The Morgan fingerprint density at radius 1 is 1.23 bits per heavy atom. The van der Waals surface area contributed by atoms with Crippen molar-refractivity contribution in [3.05, 3.63) is 63.2 Å². The molecule has 0 aliphatic heterocycles. The molecule has 7 nitrogen and oxygen atoms in total. The highest BCUT2D eigenvalue weighted by Gasteiger charge is 2.14. The number of anilines is 1. The van der Waals surface area contributed by atoms with Crippen LogP contribution in [0.5, 0.6) is 5.75 Å². The van der Waals surface area contributed by atoms with E-state index in [0.29, 0.717) is 17.0 Å². The van der Waals surface area contributed by atoms with Gasteiger partial charge >= 0.3 is 0 Å². The summed E-state index contributed by atoms with van der Waals surface area (Å²) in [7, 11) is 0. The molecule has 2 N–H and O–H groups in total. The number of hydrogen-bond acceptors (Lipinski definition) is 5. The van der Waals surface area contributed by atoms with Gasteiger partial charge in [0.1, 0.15) is 10.8 Å². The Kier molecular flexibility index (Phi) is 6.48. The number of benzene rings is 2. The standard InChI is InChI=1S/C17H16ClN3O4S/c1-10(2)25-13-6-3-11(4-7-13)16(22)20-17(26)19-12-5-8-14(18)15(9-12)21(23)24/h3-10H,1-2H3,(H2,19,20,22,26). The van der Waals surface area contributed by atoms with Crippen molar-refractivity contribution in [2.75, 3.05) is 5.32 Å². The van der Waals surface area contributed by atoms with Crippen LogP contribution >= 0.6 is 23.8 Å². The van der Waals surface area contributed by atoms with Gasteiger partial charge in [0, 0.05) is 17.3 Å². The number of hydrogen-bond donors (Lipinski definition) is 2. The van der Waals surface area contributed by atoms with Crippen LogP contribution in [-0.4, -0.2) is 22.0 Å². The first-order chi connectivity index (χ1) is 12.3. The maximum Gasteiger partial charge on any atom is 0.289 e. The molecular weight excluding hydrogens is 378 g/mol. The first-order valence-electron chi connectivity index (χ1n) is 7.59. The molecule has 0 saturated heterocycles. The predicted molar refractivity (Wildman–Crippen MR) is 104 cm³/mol. The Bertz CT molecular complexity index is 840. The topological polar surface area (TPSA) is 93.5 Å². The molecule has 0 aromatic heterocycles. The lowest BCUT2D eigenvalue weighted by Gasteiger charge is -2.11. The van der Waals surface area contributed by atoms with Crippen LogP contribution in [0.4, 0.5) is 11.4 Å². The third-order valence-electron chi connectivity index (χ3n) is 3.12. The minimum Gasteiger partial charge on any atom is -0.491 e. The van der Waals surface area contributed by atoms with Crippen molar-refractivity contribution in [1.82, 2.24) is 5.32 Å². The number of nitro groups is 1. The summed E-state index contributed by atoms with van der Waals surface area (Å²) in [5.41, 5.74) is 0.478. The summed E-state index contributed by atoms with van der Waals surface area (Å²) in [6.45, 7) is 3.82. The second-order valence-corrected chi connectivity index (χ2v) is 6.34. The van der Waals surface area contributed by atoms with Gasteiger partial charge < -0.3 is 10.1 Å². The summed E-state index contributed by atoms with van der Waals surface area (Å²) in [6.07, 6.45) is 0.0369. The van der Waals surface area contributed by atoms with E-state index in [1.54, 1.807) is 24.3 Å². The summed E-state index contributed by atoms with van der Waals surface area (Å²) in [5.74, 6) is 0.243. The largest absolute Gasteiger partial charge is 0.491 e. The molecule has 0 bridgehead atoms. The molecule has 0 radical (unpaired) electrons. The van der Waals surface area contributed by atoms with Crippen molar-refractivity contribution in [3.63, 3.8) is 0 Å². The number of amides is 1. The van der Waals surface area contributed by atoms with Gasteiger partial charge in [0.15, 0.2) is 5.11 Å². The summed E-state index contributed by atoms with van der Waals surface area (Å²) < 4.78 is 5.51. The lowest BCUT2D eigenvalue weighted by Crippen LogP contribution is -2.34. The van der Waals surface area contributed by atoms with Gasteiger partial charge in [-0.05, 0) is 62.5 Å². The first kappa shape index (κ1) is 19.6. The van der Waals surface area contributed by atoms with Crippen molar-refractivity contribution >= 4 is 46.2 Å². The van der Waals surface area contributed by atoms with E-state index in [1.807, 2.05) is 13.8 Å². The van der Waals surface area contributed by atoms with Crippen molar-refractivity contribution in [3.8, 4) is 5.75 Å². The van der Waals surface area contributed by atoms with Gasteiger partial charge in [0.25, 0.3) is 11.6 Å². The Labute approximate surface area is 160 Å². The monoisotopic (exact) mass is 393 g/mol. The highest BCUT2D eigenvalue weighted by molar-refractivity contribution is 7.80. The number of thiocarbonyl (C=S) groups is 1. The SMILES string of the molecule is CC(C)Oc1ccc(C(=O)NC(=S)Nc2ccc(Cl)c([N+](=O)[O-])c2)cc1. The van der Waals surface area contributed by atoms with Gasteiger partial charge in [-0.1, -0.05) is 11.6 Å². The summed E-state index contributed by atoms with van der Waals surface area (Å²) in [4.78, 5) is 22.5. The molecule has 0 unspecified atom stereocenters. The quantitative estimate of drug-likeness (QED) is 0.450. The van der Waals surface area contributed by atoms with Crippen molar-refractivity contribution in [2.45, 2.75) is 20.0 Å². The number of rotatable bonds is 5. The average molecular weight is 394 g/mol. The van der Waals surface area contributed by atoms with E-state index in [1.165, 1.54) is 18.2 Å². The molecule has 26 heavy (non-hydrogen) atoms. The fourth-order valence-corrected chi connectivity index (χ4v) is 2.42. The number of carbonyl (C=O) groups excluding carboxylic acids is 1. The normalized spacial score (nSPS) is 10.3. The van der Waals surface area contributed by atoms with Gasteiger partial charge in [-0.3, -0.25) is 20.2 Å². The zero-order valence-corrected chi connectivity index (χ0v) is 15.6. The minimum absolute atomic E-state index is 0.00845. The van der Waals surface area contributed by atoms with Crippen LogP contribution < -0.4 is 15.4 Å². The molecule has 0 spiro atoms. The maximum absolute atomic E-state index is 12.2. The zero-order valence-electron chi connectivity index (χ0n) is 14.0. The van der Waals surface area contributed by atoms with Crippen LogP contribution in [0.1, 0.15) is 24.2 Å². The fourth-order valence-electron chi connectivity index (χ4n) is 2.03. The first-order valence-corrected chi connectivity index (χ1v) is 8.38. The van der Waals surface area contributed by atoms with Crippen LogP contribution in [0.25, 0.3) is 0 Å². The molecule has 0 heterocycles. The van der Waals surface area contributed by atoms with Crippen molar-refractivity contribution in [1.29, 1.82) is 0 Å². The Hall–Kier alpha value is -2.71. The van der Waals surface area contributed by atoms with Gasteiger partial charge in [0.05, 0.1) is 11.0 Å². The third-order valence-corrected chi connectivity index (χ3v) is 3.64. The number of nitrogens with one attached hydrogen (secondary N) is 2. The number of nitro benzene ring substituents is 1. The highest BCUT2D eigenvalue weighted by atomic mass is 35.5. The number of ether oxygens (including phenoxy) is 1. The smallest absolute Gasteiger partial charge is 0.289 e. The summed E-state index contributed by atoms with van der Waals surface area (Å²) in [5, 5.41) is 16.1. The average Bonchev–Trinajstić information content (AvgIpc) is 2.56. The predicted octanol–water partition coefficient (Wildman–Crippen LogP) is 4.16. The van der Waals surface area contributed by atoms with E-state index < -0.39 is 10.8 Å². The molecule has 136 valence electrons. The Morgan fingerprint density at radius 3 is 2.46 bits per heavy atom. The van der Waals surface area contributed by atoms with Gasteiger partial charge in [-0.25, -0.2) is 0 Å². The fraction of sp³-hybridized carbons (Fsp3) is 0.176. The van der Waals surface area contributed by atoms with E-state index >= 15 is 0 Å². The number of halogens is 1. The molecular formula is C17H16ClN3O4S. The van der Waals surface area contributed by atoms with E-state index in [-0.39, 0.29) is 21.9 Å². The molecule has 0 aliphatic rings. The number of nitrogens with zero attached hydrogens (tertiary/aromatic N) is 1. The molecule has 0 atom stereocenters. The Balaban J connectivity index is 2.00. The van der Waals surface area contributed by atoms with Gasteiger partial charge in [-0.15, -0.1) is 0 Å². The Morgan fingerprint density at radius 2 is 1.88 bits per heavy atom. The van der Waals surface area contributed by atoms with Crippen molar-refractivity contribution < 1.29 is 14.5 Å². The van der Waals surface area contributed by atoms with Crippen LogP contribution in [0.15, 0.2) is 42.5 Å².